The lowest BCUT2D eigenvalue weighted by molar-refractivity contribution is -0.148. The molecule has 2 aliphatic rings. The van der Waals surface area contributed by atoms with E-state index in [0.29, 0.717) is 57.1 Å². The number of esters is 1. The fourth-order valence-electron chi connectivity index (χ4n) is 6.07. The Morgan fingerprint density at radius 2 is 1.72 bits per heavy atom. The molecule has 0 aliphatic carbocycles. The molecular weight excluding hydrogens is 606 g/mol. The van der Waals surface area contributed by atoms with E-state index in [4.69, 9.17) is 24.2 Å². The van der Waals surface area contributed by atoms with Gasteiger partial charge in [-0.05, 0) is 90.1 Å². The summed E-state index contributed by atoms with van der Waals surface area (Å²) in [5.74, 6) is -1.09. The quantitative estimate of drug-likeness (QED) is 0.236. The molecule has 2 aromatic heterocycles. The lowest BCUT2D eigenvalue weighted by Gasteiger charge is -2.33. The lowest BCUT2D eigenvalue weighted by atomic mass is 9.92. The molecule has 9 nitrogen and oxygen atoms in total. The van der Waals surface area contributed by atoms with E-state index < -0.39 is 17.2 Å². The van der Waals surface area contributed by atoms with Crippen LogP contribution in [0.25, 0.3) is 11.3 Å². The number of likely N-dealkylation sites (tertiary alicyclic amines) is 1. The maximum atomic E-state index is 15.2. The largest absolute Gasteiger partial charge is 0.485 e. The molecule has 1 aromatic carbocycles. The zero-order valence-electron chi connectivity index (χ0n) is 27.9. The number of hydrogen-bond donors (Lipinski definition) is 0. The summed E-state index contributed by atoms with van der Waals surface area (Å²) < 4.78 is 46.4. The zero-order chi connectivity index (χ0) is 33.7. The minimum atomic E-state index is -0.818. The molecule has 252 valence electrons. The number of anilines is 1. The van der Waals surface area contributed by atoms with Crippen LogP contribution in [0.4, 0.5) is 19.4 Å². The first-order chi connectivity index (χ1) is 22.4. The van der Waals surface area contributed by atoms with Crippen LogP contribution in [-0.4, -0.2) is 65.3 Å². The van der Waals surface area contributed by atoms with E-state index >= 15 is 4.39 Å². The molecule has 0 spiro atoms. The molecule has 2 saturated heterocycles. The smallest absolute Gasteiger partial charge is 0.410 e. The molecule has 0 unspecified atom stereocenters. The number of carbonyl (C=O) groups excluding carboxylic acids is 2. The van der Waals surface area contributed by atoms with Crippen LogP contribution in [0, 0.1) is 24.5 Å². The van der Waals surface area contributed by atoms with Gasteiger partial charge in [-0.25, -0.2) is 18.6 Å². The average molecular weight is 651 g/mol. The van der Waals surface area contributed by atoms with E-state index in [2.05, 4.69) is 4.90 Å². The summed E-state index contributed by atoms with van der Waals surface area (Å²) in [4.78, 5) is 37.8. The van der Waals surface area contributed by atoms with Gasteiger partial charge < -0.3 is 24.0 Å². The molecule has 5 rings (SSSR count). The van der Waals surface area contributed by atoms with Crippen molar-refractivity contribution in [3.8, 4) is 17.0 Å². The summed E-state index contributed by atoms with van der Waals surface area (Å²) >= 11 is 0. The number of carbonyl (C=O) groups is 2. The van der Waals surface area contributed by atoms with E-state index in [1.165, 1.54) is 6.07 Å². The summed E-state index contributed by atoms with van der Waals surface area (Å²) in [6, 6.07) is 9.40. The highest BCUT2D eigenvalue weighted by Crippen LogP contribution is 2.35. The van der Waals surface area contributed by atoms with Crippen LogP contribution in [0.2, 0.25) is 0 Å². The lowest BCUT2D eigenvalue weighted by Crippen LogP contribution is -2.41. The average Bonchev–Trinajstić information content (AvgIpc) is 3.04. The predicted molar refractivity (Wildman–Crippen MR) is 174 cm³/mol. The third-order valence-corrected chi connectivity index (χ3v) is 8.63. The van der Waals surface area contributed by atoms with Gasteiger partial charge in [-0.15, -0.1) is 0 Å². The van der Waals surface area contributed by atoms with Gasteiger partial charge in [-0.2, -0.15) is 0 Å². The number of nitrogens with zero attached hydrogens (tertiary/aromatic N) is 4. The number of rotatable bonds is 8. The number of aromatic nitrogens is 2. The summed E-state index contributed by atoms with van der Waals surface area (Å²) in [6.45, 7) is 12.1. The third kappa shape index (κ3) is 8.55. The monoisotopic (exact) mass is 650 g/mol. The Hall–Kier alpha value is -4.28. The molecule has 0 atom stereocenters. The fraction of sp³-hybridized carbons (Fsp3) is 0.500. The standard InChI is InChI=1S/C36H44F2N4O5/c1-6-45-34(43)25-12-14-41(15-13-25)32-9-7-8-30(40-32)28-19-27(37)20-29(38)33(28)46-22-26-21-39-31(18-23(26)2)24-10-16-42(17-11-24)35(44)47-36(3,4)5/h7-9,18-21,24-25H,6,10-17,22H2,1-5H3. The van der Waals surface area contributed by atoms with Crippen LogP contribution in [0.5, 0.6) is 5.75 Å². The van der Waals surface area contributed by atoms with Crippen LogP contribution in [-0.2, 0) is 20.9 Å². The van der Waals surface area contributed by atoms with Crippen LogP contribution in [0.1, 0.15) is 76.1 Å². The minimum Gasteiger partial charge on any atom is -0.485 e. The first-order valence-electron chi connectivity index (χ1n) is 16.4. The number of ether oxygens (including phenoxy) is 3. The normalized spacial score (nSPS) is 16.2. The van der Waals surface area contributed by atoms with Gasteiger partial charge in [0.05, 0.1) is 18.2 Å². The number of pyridine rings is 2. The topological polar surface area (TPSA) is 94.1 Å². The Kier molecular flexibility index (Phi) is 10.6. The molecule has 0 bridgehead atoms. The molecule has 1 amide bonds. The predicted octanol–water partition coefficient (Wildman–Crippen LogP) is 7.20. The van der Waals surface area contributed by atoms with Crippen molar-refractivity contribution in [3.05, 3.63) is 71.1 Å². The number of piperidine rings is 2. The second kappa shape index (κ2) is 14.6. The van der Waals surface area contributed by atoms with Gasteiger partial charge in [-0.1, -0.05) is 6.07 Å². The first kappa shape index (κ1) is 34.1. The Morgan fingerprint density at radius 3 is 2.38 bits per heavy atom. The molecule has 3 aromatic rings. The third-order valence-electron chi connectivity index (χ3n) is 8.63. The zero-order valence-corrected chi connectivity index (χ0v) is 27.9. The van der Waals surface area contributed by atoms with Crippen LogP contribution in [0.3, 0.4) is 0 Å². The maximum Gasteiger partial charge on any atom is 0.410 e. The summed E-state index contributed by atoms with van der Waals surface area (Å²) in [7, 11) is 0. The molecule has 0 saturated carbocycles. The number of halogens is 2. The highest BCUT2D eigenvalue weighted by molar-refractivity contribution is 5.73. The van der Waals surface area contributed by atoms with Gasteiger partial charge >= 0.3 is 12.1 Å². The van der Waals surface area contributed by atoms with Gasteiger partial charge in [0.1, 0.15) is 23.8 Å². The Balaban J connectivity index is 1.25. The van der Waals surface area contributed by atoms with Gasteiger partial charge in [0.25, 0.3) is 0 Å². The molecule has 0 N–H and O–H groups in total. The molecule has 4 heterocycles. The van der Waals surface area contributed by atoms with E-state index in [0.717, 1.165) is 35.7 Å². The van der Waals surface area contributed by atoms with Crippen LogP contribution in [0.15, 0.2) is 42.6 Å². The summed E-state index contributed by atoms with van der Waals surface area (Å²) in [5.41, 5.74) is 2.72. The molecule has 2 aliphatic heterocycles. The summed E-state index contributed by atoms with van der Waals surface area (Å²) in [6.07, 6.45) is 4.29. The van der Waals surface area contributed by atoms with Crippen molar-refractivity contribution in [2.75, 3.05) is 37.7 Å². The van der Waals surface area contributed by atoms with Gasteiger partial charge in [-0.3, -0.25) is 9.78 Å². The van der Waals surface area contributed by atoms with Crippen molar-refractivity contribution in [2.24, 2.45) is 5.92 Å². The molecule has 0 radical (unpaired) electrons. The Labute approximate surface area is 275 Å². The van der Waals surface area contributed by atoms with Gasteiger partial charge in [0.15, 0.2) is 11.6 Å². The van der Waals surface area contributed by atoms with E-state index in [-0.39, 0.29) is 41.8 Å². The maximum absolute atomic E-state index is 15.2. The Morgan fingerprint density at radius 1 is 1.00 bits per heavy atom. The fourth-order valence-corrected chi connectivity index (χ4v) is 6.07. The van der Waals surface area contributed by atoms with E-state index in [1.54, 1.807) is 30.2 Å². The highest BCUT2D eigenvalue weighted by atomic mass is 19.1. The number of aryl methyl sites for hydroxylation is 1. The number of hydrogen-bond acceptors (Lipinski definition) is 8. The van der Waals surface area contributed by atoms with Crippen molar-refractivity contribution < 1.29 is 32.6 Å². The van der Waals surface area contributed by atoms with Gasteiger partial charge in [0.2, 0.25) is 0 Å². The number of amides is 1. The second-order valence-corrected chi connectivity index (χ2v) is 13.2. The summed E-state index contributed by atoms with van der Waals surface area (Å²) in [5, 5.41) is 0. The molecule has 47 heavy (non-hydrogen) atoms. The molecule has 11 heteroatoms. The van der Waals surface area contributed by atoms with Crippen molar-refractivity contribution in [2.45, 2.75) is 78.4 Å². The number of benzene rings is 1. The Bertz CT molecular complexity index is 1580. The van der Waals surface area contributed by atoms with Crippen molar-refractivity contribution in [1.82, 2.24) is 14.9 Å². The minimum absolute atomic E-state index is 0.0345. The molecular formula is C36H44F2N4O5. The van der Waals surface area contributed by atoms with Gasteiger partial charge in [0, 0.05) is 61.2 Å². The second-order valence-electron chi connectivity index (χ2n) is 13.2. The molecule has 2 fully saturated rings. The van der Waals surface area contributed by atoms with Crippen molar-refractivity contribution in [3.63, 3.8) is 0 Å². The van der Waals surface area contributed by atoms with E-state index in [9.17, 15) is 14.0 Å². The van der Waals surface area contributed by atoms with E-state index in [1.807, 2.05) is 39.8 Å². The van der Waals surface area contributed by atoms with Crippen molar-refractivity contribution in [1.29, 1.82) is 0 Å². The first-order valence-corrected chi connectivity index (χ1v) is 16.4. The van der Waals surface area contributed by atoms with Crippen LogP contribution < -0.4 is 9.64 Å². The highest BCUT2D eigenvalue weighted by Gasteiger charge is 2.29. The van der Waals surface area contributed by atoms with Crippen LogP contribution >= 0.6 is 0 Å². The SMILES string of the molecule is CCOC(=O)C1CCN(c2cccc(-c3cc(F)cc(F)c3OCc3cnc(C4CCN(C(=O)OC(C)(C)C)CC4)cc3C)n2)CC1. The van der Waals surface area contributed by atoms with Crippen molar-refractivity contribution >= 4 is 17.9 Å².